The summed E-state index contributed by atoms with van der Waals surface area (Å²) >= 11 is 5.94. The molecule has 7 heteroatoms. The highest BCUT2D eigenvalue weighted by Gasteiger charge is 2.23. The molecule has 0 aliphatic rings. The fourth-order valence-electron chi connectivity index (χ4n) is 1.86. The van der Waals surface area contributed by atoms with E-state index in [1.165, 1.54) is 10.9 Å². The monoisotopic (exact) mass is 313 g/mol. The van der Waals surface area contributed by atoms with Crippen molar-refractivity contribution in [3.63, 3.8) is 0 Å². The molecule has 0 radical (unpaired) electrons. The van der Waals surface area contributed by atoms with Gasteiger partial charge in [-0.1, -0.05) is 43.6 Å². The van der Waals surface area contributed by atoms with Crippen molar-refractivity contribution in [2.75, 3.05) is 4.72 Å². The number of para-hydroxylation sites is 1. The van der Waals surface area contributed by atoms with E-state index in [9.17, 15) is 8.42 Å². The molecule has 0 bridgehead atoms. The first-order chi connectivity index (χ1) is 9.33. The zero-order valence-electron chi connectivity index (χ0n) is 11.5. The van der Waals surface area contributed by atoms with Gasteiger partial charge >= 0.3 is 0 Å². The maximum absolute atomic E-state index is 12.3. The fourth-order valence-corrected chi connectivity index (χ4v) is 3.38. The minimum absolute atomic E-state index is 0.0829. The van der Waals surface area contributed by atoms with Crippen molar-refractivity contribution in [3.8, 4) is 0 Å². The number of anilines is 1. The van der Waals surface area contributed by atoms with E-state index in [2.05, 4.69) is 9.71 Å². The van der Waals surface area contributed by atoms with Crippen LogP contribution in [0.2, 0.25) is 5.15 Å². The third-order valence-electron chi connectivity index (χ3n) is 2.92. The van der Waals surface area contributed by atoms with Gasteiger partial charge in [0.2, 0.25) is 5.03 Å². The number of aryl methyl sites for hydroxylation is 1. The number of sulfonamides is 1. The first-order valence-corrected chi connectivity index (χ1v) is 7.97. The van der Waals surface area contributed by atoms with E-state index in [-0.39, 0.29) is 16.1 Å². The zero-order valence-corrected chi connectivity index (χ0v) is 13.0. The molecule has 1 aromatic heterocycles. The van der Waals surface area contributed by atoms with Gasteiger partial charge in [0.15, 0.2) is 0 Å². The number of benzene rings is 1. The lowest BCUT2D eigenvalue weighted by Gasteiger charge is -2.14. The summed E-state index contributed by atoms with van der Waals surface area (Å²) in [5.74, 6) is 0.202. The van der Waals surface area contributed by atoms with Gasteiger partial charge in [0.25, 0.3) is 10.0 Å². The van der Waals surface area contributed by atoms with Gasteiger partial charge < -0.3 is 4.57 Å². The molecule has 2 rings (SSSR count). The van der Waals surface area contributed by atoms with Crippen LogP contribution in [0.25, 0.3) is 0 Å². The molecule has 1 aromatic carbocycles. The zero-order chi connectivity index (χ0) is 14.9. The smallest absolute Gasteiger partial charge is 0.282 e. The van der Waals surface area contributed by atoms with E-state index < -0.39 is 10.0 Å². The molecule has 1 N–H and O–H groups in total. The summed E-state index contributed by atoms with van der Waals surface area (Å²) in [4.78, 5) is 3.84. The quantitative estimate of drug-likeness (QED) is 0.943. The Hall–Kier alpha value is -1.53. The van der Waals surface area contributed by atoms with Gasteiger partial charge in [-0.3, -0.25) is 4.72 Å². The summed E-state index contributed by atoms with van der Waals surface area (Å²) in [5.41, 5.74) is 1.47. The van der Waals surface area contributed by atoms with Crippen LogP contribution in [0.3, 0.4) is 0 Å². The molecule has 0 spiro atoms. The van der Waals surface area contributed by atoms with Gasteiger partial charge in [0.05, 0.1) is 12.0 Å². The predicted octanol–water partition coefficient (Wildman–Crippen LogP) is 3.00. The molecule has 2 aromatic rings. The van der Waals surface area contributed by atoms with E-state index in [0.717, 1.165) is 5.56 Å². The Kier molecular flexibility index (Phi) is 4.06. The molecule has 0 saturated carbocycles. The van der Waals surface area contributed by atoms with E-state index >= 15 is 0 Å². The van der Waals surface area contributed by atoms with E-state index in [1.54, 1.807) is 19.2 Å². The average Bonchev–Trinajstić information content (AvgIpc) is 2.70. The summed E-state index contributed by atoms with van der Waals surface area (Å²) in [6.07, 6.45) is 1.37. The number of hydrogen-bond acceptors (Lipinski definition) is 3. The Morgan fingerprint density at radius 3 is 2.50 bits per heavy atom. The fraction of sp³-hybridized carbons (Fsp3) is 0.308. The minimum Gasteiger partial charge on any atom is -0.324 e. The van der Waals surface area contributed by atoms with E-state index in [1.807, 2.05) is 26.0 Å². The van der Waals surface area contributed by atoms with Crippen molar-refractivity contribution in [2.24, 2.45) is 7.05 Å². The largest absolute Gasteiger partial charge is 0.324 e. The van der Waals surface area contributed by atoms with Crippen molar-refractivity contribution < 1.29 is 8.42 Å². The summed E-state index contributed by atoms with van der Waals surface area (Å²) in [6, 6.07) is 7.27. The lowest BCUT2D eigenvalue weighted by molar-refractivity contribution is 0.598. The molecule has 0 atom stereocenters. The standard InChI is InChI=1S/C13H16ClN3O2S/c1-9(2)10-6-4-5-7-11(10)16-20(18,19)13-12(14)17(3)8-15-13/h4-9,16H,1-3H3. The van der Waals surface area contributed by atoms with Gasteiger partial charge in [-0.05, 0) is 17.5 Å². The summed E-state index contributed by atoms with van der Waals surface area (Å²) in [5, 5.41) is -0.0836. The molecule has 108 valence electrons. The molecule has 0 amide bonds. The van der Waals surface area contributed by atoms with Crippen molar-refractivity contribution in [2.45, 2.75) is 24.8 Å². The molecular weight excluding hydrogens is 298 g/mol. The maximum atomic E-state index is 12.3. The second-order valence-electron chi connectivity index (χ2n) is 4.80. The van der Waals surface area contributed by atoms with Crippen LogP contribution in [0.1, 0.15) is 25.3 Å². The second kappa shape index (κ2) is 5.46. The van der Waals surface area contributed by atoms with Gasteiger partial charge in [-0.25, -0.2) is 4.98 Å². The highest BCUT2D eigenvalue weighted by molar-refractivity contribution is 7.92. The van der Waals surface area contributed by atoms with Gasteiger partial charge in [-0.2, -0.15) is 8.42 Å². The van der Waals surface area contributed by atoms with Crippen LogP contribution < -0.4 is 4.72 Å². The Morgan fingerprint density at radius 2 is 1.95 bits per heavy atom. The third-order valence-corrected chi connectivity index (χ3v) is 4.77. The van der Waals surface area contributed by atoms with Gasteiger partial charge in [0.1, 0.15) is 5.15 Å². The van der Waals surface area contributed by atoms with E-state index in [4.69, 9.17) is 11.6 Å². The topological polar surface area (TPSA) is 64.0 Å². The van der Waals surface area contributed by atoms with Crippen molar-refractivity contribution >= 4 is 27.3 Å². The summed E-state index contributed by atoms with van der Waals surface area (Å²) in [6.45, 7) is 4.00. The molecule has 20 heavy (non-hydrogen) atoms. The van der Waals surface area contributed by atoms with Crippen LogP contribution in [0.5, 0.6) is 0 Å². The van der Waals surface area contributed by atoms with Crippen LogP contribution in [-0.4, -0.2) is 18.0 Å². The Labute approximate surface area is 123 Å². The third kappa shape index (κ3) is 2.81. The minimum atomic E-state index is -3.79. The predicted molar refractivity (Wildman–Crippen MR) is 79.6 cm³/mol. The second-order valence-corrected chi connectivity index (χ2v) is 6.75. The van der Waals surface area contributed by atoms with Crippen molar-refractivity contribution in [1.29, 1.82) is 0 Å². The van der Waals surface area contributed by atoms with Crippen LogP contribution in [0, 0.1) is 0 Å². The molecule has 5 nitrogen and oxygen atoms in total. The van der Waals surface area contributed by atoms with Crippen LogP contribution in [-0.2, 0) is 17.1 Å². The number of rotatable bonds is 4. The molecular formula is C13H16ClN3O2S. The van der Waals surface area contributed by atoms with Crippen LogP contribution in [0.15, 0.2) is 35.6 Å². The number of hydrogen-bond donors (Lipinski definition) is 1. The highest BCUT2D eigenvalue weighted by Crippen LogP contribution is 2.27. The lowest BCUT2D eigenvalue weighted by atomic mass is 10.0. The number of nitrogens with one attached hydrogen (secondary N) is 1. The summed E-state index contributed by atoms with van der Waals surface area (Å²) < 4.78 is 28.7. The number of aromatic nitrogens is 2. The molecule has 0 saturated heterocycles. The van der Waals surface area contributed by atoms with Crippen LogP contribution >= 0.6 is 11.6 Å². The molecule has 0 aliphatic carbocycles. The number of nitrogens with zero attached hydrogens (tertiary/aromatic N) is 2. The number of halogens is 1. The first-order valence-electron chi connectivity index (χ1n) is 6.11. The molecule has 0 unspecified atom stereocenters. The molecule has 0 fully saturated rings. The molecule has 1 heterocycles. The highest BCUT2D eigenvalue weighted by atomic mass is 35.5. The number of imidazole rings is 1. The van der Waals surface area contributed by atoms with Crippen LogP contribution in [0.4, 0.5) is 5.69 Å². The molecule has 0 aliphatic heterocycles. The van der Waals surface area contributed by atoms with Crippen molar-refractivity contribution in [1.82, 2.24) is 9.55 Å². The Bertz CT molecular complexity index is 723. The van der Waals surface area contributed by atoms with Gasteiger partial charge in [-0.15, -0.1) is 0 Å². The van der Waals surface area contributed by atoms with Crippen molar-refractivity contribution in [3.05, 3.63) is 41.3 Å². The average molecular weight is 314 g/mol. The Balaban J connectivity index is 2.42. The van der Waals surface area contributed by atoms with Gasteiger partial charge in [0, 0.05) is 7.05 Å². The first kappa shape index (κ1) is 14.9. The normalized spacial score (nSPS) is 11.8. The Morgan fingerprint density at radius 1 is 1.30 bits per heavy atom. The lowest BCUT2D eigenvalue weighted by Crippen LogP contribution is -2.15. The maximum Gasteiger partial charge on any atom is 0.282 e. The summed E-state index contributed by atoms with van der Waals surface area (Å²) in [7, 11) is -2.16. The SMILES string of the molecule is CC(C)c1ccccc1NS(=O)(=O)c1ncn(C)c1Cl. The van der Waals surface area contributed by atoms with E-state index in [0.29, 0.717) is 5.69 Å².